The molecule has 31 heavy (non-hydrogen) atoms. The highest BCUT2D eigenvalue weighted by Gasteiger charge is 2.51. The summed E-state index contributed by atoms with van der Waals surface area (Å²) in [6, 6.07) is 0. The first kappa shape index (κ1) is 21.9. The molecular formula is C26H40O5. The van der Waals surface area contributed by atoms with Crippen LogP contribution in [0.3, 0.4) is 0 Å². The Morgan fingerprint density at radius 3 is 2.35 bits per heavy atom. The van der Waals surface area contributed by atoms with Crippen LogP contribution in [-0.2, 0) is 9.53 Å². The number of carbonyl (C=O) groups is 1. The van der Waals surface area contributed by atoms with Crippen LogP contribution in [0.5, 0.6) is 0 Å². The van der Waals surface area contributed by atoms with Gasteiger partial charge >= 0.3 is 5.97 Å². The predicted molar refractivity (Wildman–Crippen MR) is 117 cm³/mol. The number of hydrogen-bond donors (Lipinski definition) is 3. The quantitative estimate of drug-likeness (QED) is 0.378. The number of carboxylic acids is 1. The predicted octanol–water partition coefficient (Wildman–Crippen LogP) is 4.02. The Labute approximate surface area is 186 Å². The van der Waals surface area contributed by atoms with Gasteiger partial charge in [0, 0.05) is 12.5 Å². The zero-order valence-electron chi connectivity index (χ0n) is 18.7. The van der Waals surface area contributed by atoms with Gasteiger partial charge in [-0.3, -0.25) is 0 Å². The third kappa shape index (κ3) is 4.74. The molecule has 0 aromatic rings. The number of fused-ring (bicyclic) bond motifs is 1. The van der Waals surface area contributed by atoms with Gasteiger partial charge in [0.1, 0.15) is 6.61 Å². The highest BCUT2D eigenvalue weighted by Crippen LogP contribution is 2.61. The van der Waals surface area contributed by atoms with E-state index >= 15 is 0 Å². The minimum atomic E-state index is -0.913. The Kier molecular flexibility index (Phi) is 6.22. The molecule has 0 aliphatic heterocycles. The number of rotatable bonds is 9. The summed E-state index contributed by atoms with van der Waals surface area (Å²) in [5.41, 5.74) is 0.379. The number of aliphatic carboxylic acids is 1. The smallest absolute Gasteiger partial charge is 0.329 e. The van der Waals surface area contributed by atoms with E-state index in [-0.39, 0.29) is 24.7 Å². The fourth-order valence-corrected chi connectivity index (χ4v) is 9.00. The van der Waals surface area contributed by atoms with E-state index in [9.17, 15) is 15.0 Å². The lowest BCUT2D eigenvalue weighted by atomic mass is 9.48. The maximum Gasteiger partial charge on any atom is 0.329 e. The van der Waals surface area contributed by atoms with Crippen molar-refractivity contribution < 1.29 is 24.9 Å². The standard InChI is InChI=1S/C26H40O5/c27-21(14-26-11-17-5-18(12-26)7-19(6-17)13-26)1-2-22-23-9-16(3-4-31-15-25(29)30)8-20(23)10-24(22)28/h1-2,16-24,27-28H,3-15H2,(H,29,30)/t16?,17?,18?,19?,20-,21?,22-,23-,24-,26?/m1/s1. The zero-order valence-corrected chi connectivity index (χ0v) is 18.7. The molecule has 174 valence electrons. The first-order valence-corrected chi connectivity index (χ1v) is 12.7. The number of carboxylic acid groups (broad SMARTS) is 1. The van der Waals surface area contributed by atoms with Crippen LogP contribution < -0.4 is 0 Å². The van der Waals surface area contributed by atoms with Gasteiger partial charge in [-0.25, -0.2) is 4.79 Å². The Bertz CT molecular complexity index is 652. The van der Waals surface area contributed by atoms with Gasteiger partial charge in [0.05, 0.1) is 12.2 Å². The van der Waals surface area contributed by atoms with Gasteiger partial charge in [-0.2, -0.15) is 0 Å². The summed E-state index contributed by atoms with van der Waals surface area (Å²) in [5, 5.41) is 30.2. The molecule has 3 N–H and O–H groups in total. The number of aliphatic hydroxyl groups is 2. The summed E-state index contributed by atoms with van der Waals surface area (Å²) in [6.45, 7) is 0.286. The summed E-state index contributed by atoms with van der Waals surface area (Å²) in [7, 11) is 0. The van der Waals surface area contributed by atoms with E-state index in [0.717, 1.165) is 49.9 Å². The number of hydrogen-bond acceptors (Lipinski definition) is 4. The molecule has 6 saturated carbocycles. The van der Waals surface area contributed by atoms with Crippen molar-refractivity contribution in [2.24, 2.45) is 46.8 Å². The lowest BCUT2D eigenvalue weighted by molar-refractivity contribution is -0.142. The van der Waals surface area contributed by atoms with Gasteiger partial charge in [0.15, 0.2) is 0 Å². The molecule has 0 amide bonds. The van der Waals surface area contributed by atoms with E-state index < -0.39 is 5.97 Å². The van der Waals surface area contributed by atoms with Gasteiger partial charge < -0.3 is 20.1 Å². The largest absolute Gasteiger partial charge is 0.480 e. The second kappa shape index (κ2) is 8.79. The lowest BCUT2D eigenvalue weighted by Crippen LogP contribution is -2.47. The summed E-state index contributed by atoms with van der Waals surface area (Å²) >= 11 is 0. The van der Waals surface area contributed by atoms with E-state index in [4.69, 9.17) is 9.84 Å². The van der Waals surface area contributed by atoms with Crippen molar-refractivity contribution in [2.75, 3.05) is 13.2 Å². The second-order valence-corrected chi connectivity index (χ2v) is 12.0. The summed E-state index contributed by atoms with van der Waals surface area (Å²) in [4.78, 5) is 10.6. The molecule has 6 atom stereocenters. The van der Waals surface area contributed by atoms with Crippen molar-refractivity contribution in [2.45, 2.75) is 82.8 Å². The highest BCUT2D eigenvalue weighted by molar-refractivity contribution is 5.67. The normalized spacial score (nSPS) is 46.6. The summed E-state index contributed by atoms with van der Waals surface area (Å²) in [6.07, 6.45) is 16.6. The fraction of sp³-hybridized carbons (Fsp3) is 0.885. The van der Waals surface area contributed by atoms with E-state index in [0.29, 0.717) is 29.8 Å². The molecule has 4 bridgehead atoms. The second-order valence-electron chi connectivity index (χ2n) is 12.0. The maximum atomic E-state index is 10.9. The first-order valence-electron chi connectivity index (χ1n) is 12.7. The number of ether oxygens (including phenoxy) is 1. The molecule has 5 heteroatoms. The van der Waals surface area contributed by atoms with Crippen LogP contribution in [0.4, 0.5) is 0 Å². The van der Waals surface area contributed by atoms with Crippen LogP contribution in [0.1, 0.15) is 70.6 Å². The maximum absolute atomic E-state index is 10.9. The summed E-state index contributed by atoms with van der Waals surface area (Å²) < 4.78 is 5.23. The van der Waals surface area contributed by atoms with Crippen molar-refractivity contribution in [3.05, 3.63) is 12.2 Å². The molecule has 0 saturated heterocycles. The average Bonchev–Trinajstić information content (AvgIpc) is 3.18. The molecule has 0 aromatic heterocycles. The molecule has 0 spiro atoms. The topological polar surface area (TPSA) is 87.0 Å². The molecule has 6 rings (SSSR count). The summed E-state index contributed by atoms with van der Waals surface area (Å²) in [5.74, 6) is 3.57. The van der Waals surface area contributed by atoms with Crippen LogP contribution in [0.2, 0.25) is 0 Å². The van der Waals surface area contributed by atoms with E-state index in [1.165, 1.54) is 38.5 Å². The van der Waals surface area contributed by atoms with Crippen molar-refractivity contribution in [3.63, 3.8) is 0 Å². The third-order valence-electron chi connectivity index (χ3n) is 9.59. The number of aliphatic hydroxyl groups excluding tert-OH is 2. The molecule has 6 aliphatic rings. The van der Waals surface area contributed by atoms with Crippen molar-refractivity contribution in [1.82, 2.24) is 0 Å². The SMILES string of the molecule is O=C(O)COCCC1C[C@@H]2C[C@@H](O)[C@H](C=CC(O)CC34CC5CC(CC(C5)C3)C4)[C@@H]2C1. The molecule has 0 heterocycles. The van der Waals surface area contributed by atoms with Gasteiger partial charge in [-0.15, -0.1) is 0 Å². The van der Waals surface area contributed by atoms with E-state index in [1.807, 2.05) is 6.08 Å². The zero-order chi connectivity index (χ0) is 21.6. The molecule has 0 aromatic carbocycles. The average molecular weight is 433 g/mol. The minimum Gasteiger partial charge on any atom is -0.480 e. The monoisotopic (exact) mass is 432 g/mol. The minimum absolute atomic E-state index is 0.154. The van der Waals surface area contributed by atoms with Crippen molar-refractivity contribution in [1.29, 1.82) is 0 Å². The van der Waals surface area contributed by atoms with E-state index in [2.05, 4.69) is 6.08 Å². The van der Waals surface area contributed by atoms with Gasteiger partial charge in [0.2, 0.25) is 0 Å². The Hall–Kier alpha value is -0.910. The fourth-order valence-electron chi connectivity index (χ4n) is 9.00. The van der Waals surface area contributed by atoms with Crippen LogP contribution in [0.25, 0.3) is 0 Å². The third-order valence-corrected chi connectivity index (χ3v) is 9.59. The van der Waals surface area contributed by atoms with Crippen LogP contribution in [-0.4, -0.2) is 46.7 Å². The molecule has 0 radical (unpaired) electrons. The molecule has 5 nitrogen and oxygen atoms in total. The molecule has 2 unspecified atom stereocenters. The van der Waals surface area contributed by atoms with Gasteiger partial charge in [0.25, 0.3) is 0 Å². The lowest BCUT2D eigenvalue weighted by Gasteiger charge is -2.57. The molecule has 6 fully saturated rings. The van der Waals surface area contributed by atoms with Crippen LogP contribution >= 0.6 is 0 Å². The van der Waals surface area contributed by atoms with Crippen LogP contribution in [0, 0.1) is 46.8 Å². The highest BCUT2D eigenvalue weighted by atomic mass is 16.5. The van der Waals surface area contributed by atoms with Gasteiger partial charge in [-0.1, -0.05) is 12.2 Å². The van der Waals surface area contributed by atoms with E-state index in [1.54, 1.807) is 0 Å². The van der Waals surface area contributed by atoms with Crippen molar-refractivity contribution in [3.8, 4) is 0 Å². The van der Waals surface area contributed by atoms with Crippen molar-refractivity contribution >= 4 is 5.97 Å². The Morgan fingerprint density at radius 1 is 1.03 bits per heavy atom. The first-order chi connectivity index (χ1) is 14.9. The Morgan fingerprint density at radius 2 is 1.71 bits per heavy atom. The van der Waals surface area contributed by atoms with Gasteiger partial charge in [-0.05, 0) is 112 Å². The van der Waals surface area contributed by atoms with Crippen LogP contribution in [0.15, 0.2) is 12.2 Å². The molecule has 6 aliphatic carbocycles. The Balaban J connectivity index is 1.13. The molecular weight excluding hydrogens is 392 g/mol.